The molecule has 1 aromatic heterocycles. The summed E-state index contributed by atoms with van der Waals surface area (Å²) in [6, 6.07) is 9.28. The monoisotopic (exact) mass is 347 g/mol. The van der Waals surface area contributed by atoms with Crippen molar-refractivity contribution in [2.24, 2.45) is 0 Å². The van der Waals surface area contributed by atoms with Gasteiger partial charge in [0.15, 0.2) is 5.76 Å². The molecule has 0 spiro atoms. The summed E-state index contributed by atoms with van der Waals surface area (Å²) in [4.78, 5) is 22.8. The van der Waals surface area contributed by atoms with Crippen molar-refractivity contribution in [2.45, 2.75) is 32.4 Å². The third-order valence-corrected chi connectivity index (χ3v) is 4.51. The molecule has 0 aliphatic rings. The van der Waals surface area contributed by atoms with Crippen molar-refractivity contribution in [2.75, 3.05) is 11.1 Å². The summed E-state index contributed by atoms with van der Waals surface area (Å²) in [6.45, 7) is 3.91. The number of anilines is 1. The first-order valence-corrected chi connectivity index (χ1v) is 8.94. The molecular formula is C18H21NO4S. The van der Waals surface area contributed by atoms with E-state index in [9.17, 15) is 9.59 Å². The van der Waals surface area contributed by atoms with Crippen LogP contribution in [0.5, 0.6) is 0 Å². The Morgan fingerprint density at radius 1 is 1.29 bits per heavy atom. The molecule has 0 atom stereocenters. The third kappa shape index (κ3) is 5.16. The van der Waals surface area contributed by atoms with Gasteiger partial charge in [0.1, 0.15) is 5.76 Å². The van der Waals surface area contributed by atoms with Gasteiger partial charge in [-0.25, -0.2) is 0 Å². The number of amides is 1. The lowest BCUT2D eigenvalue weighted by atomic mass is 10.2. The third-order valence-electron chi connectivity index (χ3n) is 3.48. The van der Waals surface area contributed by atoms with Crippen LogP contribution in [0.3, 0.4) is 0 Å². The minimum Gasteiger partial charge on any atom is -0.481 e. The zero-order valence-corrected chi connectivity index (χ0v) is 14.6. The van der Waals surface area contributed by atoms with Crippen LogP contribution in [0, 0.1) is 6.92 Å². The molecule has 0 radical (unpaired) electrons. The van der Waals surface area contributed by atoms with Crippen LogP contribution in [-0.4, -0.2) is 22.7 Å². The lowest BCUT2D eigenvalue weighted by molar-refractivity contribution is -0.136. The molecule has 2 N–H and O–H groups in total. The SMILES string of the molecule is CCc1oc(C(=O)Nc2cccc(CSCCC(=O)O)c2)cc1C. The Labute approximate surface area is 145 Å². The fourth-order valence-corrected chi connectivity index (χ4v) is 3.14. The molecule has 0 aliphatic carbocycles. The molecule has 128 valence electrons. The van der Waals surface area contributed by atoms with Gasteiger partial charge < -0.3 is 14.8 Å². The lowest BCUT2D eigenvalue weighted by Crippen LogP contribution is -2.11. The van der Waals surface area contributed by atoms with Gasteiger partial charge in [-0.2, -0.15) is 11.8 Å². The molecule has 0 aliphatic heterocycles. The molecule has 1 heterocycles. The van der Waals surface area contributed by atoms with Crippen molar-refractivity contribution < 1.29 is 19.1 Å². The average Bonchev–Trinajstić information content (AvgIpc) is 2.93. The average molecular weight is 347 g/mol. The normalized spacial score (nSPS) is 10.6. The molecule has 1 amide bonds. The van der Waals surface area contributed by atoms with E-state index in [4.69, 9.17) is 9.52 Å². The van der Waals surface area contributed by atoms with E-state index in [1.165, 1.54) is 0 Å². The number of carboxylic acids is 1. The smallest absolute Gasteiger partial charge is 0.304 e. The molecule has 1 aromatic carbocycles. The number of carbonyl (C=O) groups excluding carboxylic acids is 1. The van der Waals surface area contributed by atoms with E-state index in [0.717, 1.165) is 23.3 Å². The highest BCUT2D eigenvalue weighted by Gasteiger charge is 2.14. The number of nitrogens with one attached hydrogen (secondary N) is 1. The Morgan fingerprint density at radius 2 is 2.08 bits per heavy atom. The first-order valence-electron chi connectivity index (χ1n) is 7.78. The molecule has 6 heteroatoms. The van der Waals surface area contributed by atoms with E-state index in [1.54, 1.807) is 17.8 Å². The molecule has 0 saturated carbocycles. The Hall–Kier alpha value is -2.21. The minimum atomic E-state index is -0.788. The van der Waals surface area contributed by atoms with Crippen LogP contribution in [-0.2, 0) is 17.0 Å². The Morgan fingerprint density at radius 3 is 2.75 bits per heavy atom. The van der Waals surface area contributed by atoms with Crippen molar-refractivity contribution in [1.29, 1.82) is 0 Å². The van der Waals surface area contributed by atoms with Crippen LogP contribution in [0.2, 0.25) is 0 Å². The molecule has 24 heavy (non-hydrogen) atoms. The van der Waals surface area contributed by atoms with E-state index in [0.29, 0.717) is 23.0 Å². The molecule has 0 unspecified atom stereocenters. The number of thioether (sulfide) groups is 1. The van der Waals surface area contributed by atoms with Gasteiger partial charge in [-0.3, -0.25) is 9.59 Å². The Kier molecular flexibility index (Phi) is 6.49. The summed E-state index contributed by atoms with van der Waals surface area (Å²) in [7, 11) is 0. The van der Waals surface area contributed by atoms with E-state index in [1.807, 2.05) is 38.1 Å². The number of hydrogen-bond acceptors (Lipinski definition) is 4. The van der Waals surface area contributed by atoms with Crippen LogP contribution >= 0.6 is 11.8 Å². The van der Waals surface area contributed by atoms with Crippen LogP contribution in [0.15, 0.2) is 34.7 Å². The fourth-order valence-electron chi connectivity index (χ4n) is 2.26. The predicted octanol–water partition coefficient (Wildman–Crippen LogP) is 4.11. The fraction of sp³-hybridized carbons (Fsp3) is 0.333. The standard InChI is InChI=1S/C18H21NO4S/c1-3-15-12(2)9-16(23-15)18(22)19-14-6-4-5-13(10-14)11-24-8-7-17(20)21/h4-6,9-10H,3,7-8,11H2,1-2H3,(H,19,22)(H,20,21). The number of carboxylic acid groups (broad SMARTS) is 1. The quantitative estimate of drug-likeness (QED) is 0.703. The van der Waals surface area contributed by atoms with Crippen molar-refractivity contribution in [3.05, 3.63) is 53.0 Å². The van der Waals surface area contributed by atoms with Gasteiger partial charge in [-0.05, 0) is 36.2 Å². The second kappa shape index (κ2) is 8.59. The molecule has 0 bridgehead atoms. The number of furan rings is 1. The Balaban J connectivity index is 1.95. The summed E-state index contributed by atoms with van der Waals surface area (Å²) >= 11 is 1.55. The molecule has 5 nitrogen and oxygen atoms in total. The lowest BCUT2D eigenvalue weighted by Gasteiger charge is -2.06. The highest BCUT2D eigenvalue weighted by molar-refractivity contribution is 7.98. The zero-order chi connectivity index (χ0) is 17.5. The van der Waals surface area contributed by atoms with Gasteiger partial charge in [-0.1, -0.05) is 19.1 Å². The maximum Gasteiger partial charge on any atom is 0.304 e. The molecule has 0 fully saturated rings. The van der Waals surface area contributed by atoms with Gasteiger partial charge in [0, 0.05) is 23.6 Å². The largest absolute Gasteiger partial charge is 0.481 e. The van der Waals surface area contributed by atoms with Crippen molar-refractivity contribution in [1.82, 2.24) is 0 Å². The van der Waals surface area contributed by atoms with Crippen LogP contribution in [0.1, 0.15) is 40.8 Å². The Bertz CT molecular complexity index is 724. The van der Waals surface area contributed by atoms with Gasteiger partial charge in [-0.15, -0.1) is 0 Å². The van der Waals surface area contributed by atoms with E-state index < -0.39 is 5.97 Å². The summed E-state index contributed by atoms with van der Waals surface area (Å²) in [6.07, 6.45) is 0.904. The maximum atomic E-state index is 12.3. The summed E-state index contributed by atoms with van der Waals surface area (Å²) in [5.41, 5.74) is 2.71. The summed E-state index contributed by atoms with van der Waals surface area (Å²) < 4.78 is 5.56. The second-order valence-electron chi connectivity index (χ2n) is 5.42. The van der Waals surface area contributed by atoms with Crippen LogP contribution in [0.4, 0.5) is 5.69 Å². The van der Waals surface area contributed by atoms with Gasteiger partial charge in [0.25, 0.3) is 5.91 Å². The number of aryl methyl sites for hydroxylation is 2. The van der Waals surface area contributed by atoms with Gasteiger partial charge in [0.2, 0.25) is 0 Å². The van der Waals surface area contributed by atoms with E-state index >= 15 is 0 Å². The van der Waals surface area contributed by atoms with Crippen molar-refractivity contribution in [3.63, 3.8) is 0 Å². The first kappa shape index (κ1) is 18.1. The van der Waals surface area contributed by atoms with E-state index in [-0.39, 0.29) is 12.3 Å². The predicted molar refractivity (Wildman–Crippen MR) is 95.6 cm³/mol. The molecule has 2 aromatic rings. The summed E-state index contributed by atoms with van der Waals surface area (Å²) in [5.74, 6) is 1.35. The van der Waals surface area contributed by atoms with Gasteiger partial charge in [0.05, 0.1) is 6.42 Å². The maximum absolute atomic E-state index is 12.3. The summed E-state index contributed by atoms with van der Waals surface area (Å²) in [5, 5.41) is 11.5. The number of rotatable bonds is 8. The highest BCUT2D eigenvalue weighted by Crippen LogP contribution is 2.20. The van der Waals surface area contributed by atoms with Crippen LogP contribution < -0.4 is 5.32 Å². The minimum absolute atomic E-state index is 0.151. The topological polar surface area (TPSA) is 79.5 Å². The zero-order valence-electron chi connectivity index (χ0n) is 13.8. The molecule has 0 saturated heterocycles. The number of hydrogen-bond donors (Lipinski definition) is 2. The molecule has 2 rings (SSSR count). The van der Waals surface area contributed by atoms with Crippen LogP contribution in [0.25, 0.3) is 0 Å². The highest BCUT2D eigenvalue weighted by atomic mass is 32.2. The number of benzene rings is 1. The number of aliphatic carboxylic acids is 1. The van der Waals surface area contributed by atoms with Gasteiger partial charge >= 0.3 is 5.97 Å². The molecular weight excluding hydrogens is 326 g/mol. The van der Waals surface area contributed by atoms with Crippen molar-refractivity contribution in [3.8, 4) is 0 Å². The number of carbonyl (C=O) groups is 2. The van der Waals surface area contributed by atoms with Crippen molar-refractivity contribution >= 4 is 29.3 Å². The first-order chi connectivity index (χ1) is 11.5. The van der Waals surface area contributed by atoms with E-state index in [2.05, 4.69) is 5.32 Å². The second-order valence-corrected chi connectivity index (χ2v) is 6.53.